The predicted molar refractivity (Wildman–Crippen MR) is 117 cm³/mol. The van der Waals surface area contributed by atoms with Crippen molar-refractivity contribution in [2.45, 2.75) is 77.7 Å². The Balaban J connectivity index is 1.81. The lowest BCUT2D eigenvalue weighted by molar-refractivity contribution is 0.131. The van der Waals surface area contributed by atoms with E-state index in [2.05, 4.69) is 39.0 Å². The lowest BCUT2D eigenvalue weighted by Gasteiger charge is -2.32. The van der Waals surface area contributed by atoms with Gasteiger partial charge in [0.05, 0.1) is 0 Å². The zero-order valence-electron chi connectivity index (χ0n) is 18.0. The summed E-state index contributed by atoms with van der Waals surface area (Å²) in [5, 5.41) is 0. The van der Waals surface area contributed by atoms with Gasteiger partial charge in [0, 0.05) is 11.1 Å². The summed E-state index contributed by atoms with van der Waals surface area (Å²) < 4.78 is 18.9. The van der Waals surface area contributed by atoms with Crippen LogP contribution in [0.4, 0.5) is 0 Å². The van der Waals surface area contributed by atoms with Crippen molar-refractivity contribution in [1.29, 1.82) is 0 Å². The van der Waals surface area contributed by atoms with Gasteiger partial charge >= 0.3 is 0 Å². The van der Waals surface area contributed by atoms with Gasteiger partial charge in [-0.25, -0.2) is 0 Å². The highest BCUT2D eigenvalue weighted by atomic mass is 16.6. The summed E-state index contributed by atoms with van der Waals surface area (Å²) in [6.45, 7) is 7.63. The summed E-state index contributed by atoms with van der Waals surface area (Å²) >= 11 is 0. The first-order chi connectivity index (χ1) is 14.0. The first kappa shape index (κ1) is 18.8. The molecular weight excluding hydrogens is 360 g/mol. The van der Waals surface area contributed by atoms with Crippen LogP contribution in [0.5, 0.6) is 17.2 Å². The molecule has 0 saturated heterocycles. The lowest BCUT2D eigenvalue weighted by Crippen LogP contribution is -2.24. The Morgan fingerprint density at radius 1 is 0.759 bits per heavy atom. The summed E-state index contributed by atoms with van der Waals surface area (Å²) in [7, 11) is 0. The molecule has 0 aromatic heterocycles. The number of ether oxygens (including phenoxy) is 3. The third-order valence-corrected chi connectivity index (χ3v) is 6.32. The number of rotatable bonds is 2. The molecule has 0 saturated carbocycles. The molecule has 2 aromatic carbocycles. The smallest absolute Gasteiger partial charge is 0.169 e. The normalized spacial score (nSPS) is 18.0. The molecule has 0 atom stereocenters. The average molecular weight is 393 g/mol. The standard InChI is InChI=1S/C26H32O3/c1-26(2,3)29-21-13-12-17-8-4-6-10-19(17)23(21)24-20-11-7-5-9-18(20)16-22-25(24)28-15-14-27-22/h12-13,16H,4-11,14-15H2,1-3H3. The monoisotopic (exact) mass is 392 g/mol. The minimum atomic E-state index is -0.246. The van der Waals surface area contributed by atoms with Gasteiger partial charge in [0.15, 0.2) is 11.5 Å². The van der Waals surface area contributed by atoms with Crippen LogP contribution in [0, 0.1) is 0 Å². The molecule has 0 radical (unpaired) electrons. The molecule has 0 fully saturated rings. The molecule has 0 bridgehead atoms. The van der Waals surface area contributed by atoms with Gasteiger partial charge < -0.3 is 14.2 Å². The van der Waals surface area contributed by atoms with Crippen LogP contribution in [0.2, 0.25) is 0 Å². The van der Waals surface area contributed by atoms with Gasteiger partial charge in [0.25, 0.3) is 0 Å². The molecule has 154 valence electrons. The lowest BCUT2D eigenvalue weighted by atomic mass is 9.80. The first-order valence-electron chi connectivity index (χ1n) is 11.3. The van der Waals surface area contributed by atoms with Crippen molar-refractivity contribution in [3.05, 3.63) is 40.5 Å². The van der Waals surface area contributed by atoms with E-state index in [9.17, 15) is 0 Å². The van der Waals surface area contributed by atoms with Crippen molar-refractivity contribution in [2.24, 2.45) is 0 Å². The maximum absolute atomic E-state index is 6.54. The zero-order chi connectivity index (χ0) is 20.0. The fourth-order valence-corrected chi connectivity index (χ4v) is 5.16. The van der Waals surface area contributed by atoms with Gasteiger partial charge in [0.2, 0.25) is 0 Å². The minimum Gasteiger partial charge on any atom is -0.487 e. The van der Waals surface area contributed by atoms with Crippen LogP contribution in [0.3, 0.4) is 0 Å². The van der Waals surface area contributed by atoms with E-state index in [1.54, 1.807) is 0 Å². The van der Waals surface area contributed by atoms with Crippen LogP contribution in [0.15, 0.2) is 18.2 Å². The molecule has 2 aliphatic carbocycles. The van der Waals surface area contributed by atoms with Crippen molar-refractivity contribution < 1.29 is 14.2 Å². The van der Waals surface area contributed by atoms with E-state index in [4.69, 9.17) is 14.2 Å². The van der Waals surface area contributed by atoms with Gasteiger partial charge in [-0.15, -0.1) is 0 Å². The quantitative estimate of drug-likeness (QED) is 0.622. The second kappa shape index (κ2) is 7.27. The summed E-state index contributed by atoms with van der Waals surface area (Å²) in [6, 6.07) is 6.73. The first-order valence-corrected chi connectivity index (χ1v) is 11.3. The molecule has 5 rings (SSSR count). The summed E-state index contributed by atoms with van der Waals surface area (Å²) in [5.74, 6) is 2.85. The Labute approximate surface area is 174 Å². The van der Waals surface area contributed by atoms with Crippen LogP contribution in [-0.4, -0.2) is 18.8 Å². The molecule has 0 unspecified atom stereocenters. The van der Waals surface area contributed by atoms with Gasteiger partial charge in [-0.2, -0.15) is 0 Å². The number of hydrogen-bond acceptors (Lipinski definition) is 3. The highest BCUT2D eigenvalue weighted by Gasteiger charge is 2.31. The van der Waals surface area contributed by atoms with Crippen LogP contribution in [-0.2, 0) is 25.7 Å². The van der Waals surface area contributed by atoms with Crippen LogP contribution >= 0.6 is 0 Å². The average Bonchev–Trinajstić information content (AvgIpc) is 2.71. The van der Waals surface area contributed by atoms with E-state index in [0.717, 1.165) is 42.9 Å². The second-order valence-corrected chi connectivity index (χ2v) is 9.62. The molecule has 2 aromatic rings. The van der Waals surface area contributed by atoms with Crippen molar-refractivity contribution in [1.82, 2.24) is 0 Å². The SMILES string of the molecule is CC(C)(C)Oc1ccc2c(c1-c1c3c(cc4c1OCCO4)CCCC3)CCCC2. The number of hydrogen-bond donors (Lipinski definition) is 0. The van der Waals surface area contributed by atoms with Crippen molar-refractivity contribution >= 4 is 0 Å². The number of fused-ring (bicyclic) bond motifs is 3. The zero-order valence-corrected chi connectivity index (χ0v) is 18.0. The van der Waals surface area contributed by atoms with E-state index in [-0.39, 0.29) is 5.60 Å². The van der Waals surface area contributed by atoms with Gasteiger partial charge in [0.1, 0.15) is 24.6 Å². The Kier molecular flexibility index (Phi) is 4.72. The Bertz CT molecular complexity index is 902. The Morgan fingerprint density at radius 2 is 1.41 bits per heavy atom. The van der Waals surface area contributed by atoms with Crippen molar-refractivity contribution in [3.63, 3.8) is 0 Å². The van der Waals surface area contributed by atoms with E-state index in [1.165, 1.54) is 59.1 Å². The van der Waals surface area contributed by atoms with Crippen molar-refractivity contribution in [2.75, 3.05) is 13.2 Å². The van der Waals surface area contributed by atoms with Crippen LogP contribution in [0.1, 0.15) is 68.7 Å². The predicted octanol–water partition coefficient (Wildman–Crippen LogP) is 6.06. The highest BCUT2D eigenvalue weighted by molar-refractivity contribution is 5.86. The minimum absolute atomic E-state index is 0.246. The molecule has 0 spiro atoms. The third-order valence-electron chi connectivity index (χ3n) is 6.32. The Hall–Kier alpha value is -2.16. The summed E-state index contributed by atoms with van der Waals surface area (Å²) in [6.07, 6.45) is 9.53. The Morgan fingerprint density at radius 3 is 2.17 bits per heavy atom. The molecule has 3 aliphatic rings. The largest absolute Gasteiger partial charge is 0.487 e. The molecule has 29 heavy (non-hydrogen) atoms. The fourth-order valence-electron chi connectivity index (χ4n) is 5.16. The van der Waals surface area contributed by atoms with E-state index in [0.29, 0.717) is 13.2 Å². The second-order valence-electron chi connectivity index (χ2n) is 9.62. The molecular formula is C26H32O3. The number of aryl methyl sites for hydroxylation is 2. The maximum Gasteiger partial charge on any atom is 0.169 e. The molecule has 1 aliphatic heterocycles. The highest BCUT2D eigenvalue weighted by Crippen LogP contribution is 2.51. The van der Waals surface area contributed by atoms with Crippen LogP contribution in [0.25, 0.3) is 11.1 Å². The third kappa shape index (κ3) is 3.49. The van der Waals surface area contributed by atoms with E-state index >= 15 is 0 Å². The van der Waals surface area contributed by atoms with E-state index in [1.807, 2.05) is 0 Å². The molecule has 0 amide bonds. The van der Waals surface area contributed by atoms with E-state index < -0.39 is 0 Å². The van der Waals surface area contributed by atoms with Gasteiger partial charge in [-0.3, -0.25) is 0 Å². The van der Waals surface area contributed by atoms with Gasteiger partial charge in [-0.1, -0.05) is 6.07 Å². The summed E-state index contributed by atoms with van der Waals surface area (Å²) in [4.78, 5) is 0. The molecule has 1 heterocycles. The fraction of sp³-hybridized carbons (Fsp3) is 0.538. The molecule has 0 N–H and O–H groups in total. The molecule has 3 heteroatoms. The maximum atomic E-state index is 6.54. The van der Waals surface area contributed by atoms with Crippen molar-refractivity contribution in [3.8, 4) is 28.4 Å². The molecule has 3 nitrogen and oxygen atoms in total. The van der Waals surface area contributed by atoms with Crippen LogP contribution < -0.4 is 14.2 Å². The summed E-state index contributed by atoms with van der Waals surface area (Å²) in [5.41, 5.74) is 8.13. The van der Waals surface area contributed by atoms with Gasteiger partial charge in [-0.05, 0) is 107 Å². The topological polar surface area (TPSA) is 27.7 Å². The number of benzene rings is 2.